The van der Waals surface area contributed by atoms with Crippen LogP contribution in [0, 0.1) is 0 Å². The summed E-state index contributed by atoms with van der Waals surface area (Å²) in [6, 6.07) is 6.09. The highest BCUT2D eigenvalue weighted by atomic mass is 32.2. The minimum atomic E-state index is -3.55. The number of hydrogen-bond donors (Lipinski definition) is 1. The van der Waals surface area contributed by atoms with Gasteiger partial charge in [-0.15, -0.1) is 0 Å². The SMILES string of the molecule is CCCC[N+](CCCC)(CCCC)CCCC.O=C1NS(=O)(=O)c2ccccc21. The molecule has 0 saturated carbocycles. The normalized spacial score (nSPS) is 14.7. The number of nitrogens with one attached hydrogen (secondary N) is 1. The third-order valence-corrected chi connectivity index (χ3v) is 6.98. The summed E-state index contributed by atoms with van der Waals surface area (Å²) in [5, 5.41) is 0. The zero-order chi connectivity index (χ0) is 21.8. The Bertz CT molecular complexity index is 679. The summed E-state index contributed by atoms with van der Waals surface area (Å²) in [6.45, 7) is 15.0. The maximum Gasteiger partial charge on any atom is 0.266 e. The second-order valence-corrected chi connectivity index (χ2v) is 9.73. The highest BCUT2D eigenvalue weighted by molar-refractivity contribution is 7.90. The average molecular weight is 426 g/mol. The molecule has 1 amide bonds. The van der Waals surface area contributed by atoms with Crippen LogP contribution >= 0.6 is 0 Å². The predicted molar refractivity (Wildman–Crippen MR) is 120 cm³/mol. The summed E-state index contributed by atoms with van der Waals surface area (Å²) in [7, 11) is -3.55. The number of carbonyl (C=O) groups excluding carboxylic acids is 1. The first-order valence-electron chi connectivity index (χ1n) is 11.4. The summed E-state index contributed by atoms with van der Waals surface area (Å²) in [5.74, 6) is -0.550. The Morgan fingerprint density at radius 2 is 1.17 bits per heavy atom. The summed E-state index contributed by atoms with van der Waals surface area (Å²) in [6.07, 6.45) is 11.1. The Labute approximate surface area is 178 Å². The van der Waals surface area contributed by atoms with Gasteiger partial charge in [-0.1, -0.05) is 65.5 Å². The van der Waals surface area contributed by atoms with Crippen molar-refractivity contribution in [2.75, 3.05) is 26.2 Å². The molecule has 0 fully saturated rings. The van der Waals surface area contributed by atoms with E-state index in [9.17, 15) is 13.2 Å². The largest absolute Gasteiger partial charge is 0.324 e. The second-order valence-electron chi connectivity index (χ2n) is 8.08. The van der Waals surface area contributed by atoms with Crippen LogP contribution in [-0.2, 0) is 10.0 Å². The molecule has 1 aromatic rings. The number of rotatable bonds is 12. The number of sulfonamides is 1. The zero-order valence-corrected chi connectivity index (χ0v) is 19.7. The van der Waals surface area contributed by atoms with E-state index in [1.165, 1.54) is 94.2 Å². The van der Waals surface area contributed by atoms with Gasteiger partial charge in [0.25, 0.3) is 15.9 Å². The van der Waals surface area contributed by atoms with Crippen LogP contribution in [0.15, 0.2) is 29.2 Å². The van der Waals surface area contributed by atoms with E-state index in [-0.39, 0.29) is 10.5 Å². The first-order chi connectivity index (χ1) is 13.9. The van der Waals surface area contributed by atoms with Gasteiger partial charge in [0.05, 0.1) is 31.7 Å². The lowest BCUT2D eigenvalue weighted by Gasteiger charge is -2.39. The molecule has 1 aliphatic rings. The van der Waals surface area contributed by atoms with Crippen LogP contribution in [0.2, 0.25) is 0 Å². The van der Waals surface area contributed by atoms with E-state index in [0.717, 1.165) is 0 Å². The van der Waals surface area contributed by atoms with Gasteiger partial charge in [-0.3, -0.25) is 4.79 Å². The summed E-state index contributed by atoms with van der Waals surface area (Å²) < 4.78 is 25.6. The maximum absolute atomic E-state index is 11.1. The van der Waals surface area contributed by atoms with Crippen LogP contribution in [0.5, 0.6) is 0 Å². The van der Waals surface area contributed by atoms with Crippen molar-refractivity contribution in [3.63, 3.8) is 0 Å². The molecule has 0 aromatic heterocycles. The molecular formula is C23H41N2O3S+. The summed E-state index contributed by atoms with van der Waals surface area (Å²) in [4.78, 5) is 11.1. The van der Waals surface area contributed by atoms with Gasteiger partial charge >= 0.3 is 0 Å². The van der Waals surface area contributed by atoms with Crippen molar-refractivity contribution in [1.29, 1.82) is 0 Å². The fraction of sp³-hybridized carbons (Fsp3) is 0.696. The van der Waals surface area contributed by atoms with Crippen molar-refractivity contribution in [3.05, 3.63) is 29.8 Å². The number of benzene rings is 1. The number of fused-ring (bicyclic) bond motifs is 1. The molecule has 1 heterocycles. The number of quaternary nitrogens is 1. The number of nitrogens with zero attached hydrogens (tertiary/aromatic N) is 1. The molecule has 6 heteroatoms. The third-order valence-electron chi connectivity index (χ3n) is 5.59. The maximum atomic E-state index is 11.1. The molecule has 29 heavy (non-hydrogen) atoms. The minimum absolute atomic E-state index is 0.0648. The Morgan fingerprint density at radius 3 is 1.55 bits per heavy atom. The molecule has 0 bridgehead atoms. The van der Waals surface area contributed by atoms with Crippen molar-refractivity contribution in [1.82, 2.24) is 4.72 Å². The Morgan fingerprint density at radius 1 is 0.759 bits per heavy atom. The van der Waals surface area contributed by atoms with Crippen LogP contribution in [0.4, 0.5) is 0 Å². The minimum Gasteiger partial charge on any atom is -0.324 e. The van der Waals surface area contributed by atoms with Gasteiger partial charge in [0.2, 0.25) is 0 Å². The van der Waals surface area contributed by atoms with E-state index < -0.39 is 15.9 Å². The van der Waals surface area contributed by atoms with Crippen LogP contribution in [0.1, 0.15) is 89.4 Å². The molecular weight excluding hydrogens is 384 g/mol. The smallest absolute Gasteiger partial charge is 0.266 e. The topological polar surface area (TPSA) is 63.2 Å². The van der Waals surface area contributed by atoms with Gasteiger partial charge in [0, 0.05) is 0 Å². The van der Waals surface area contributed by atoms with E-state index >= 15 is 0 Å². The number of amides is 1. The fourth-order valence-corrected chi connectivity index (χ4v) is 4.94. The Hall–Kier alpha value is -1.40. The molecule has 1 N–H and O–H groups in total. The number of unbranched alkanes of at least 4 members (excludes halogenated alkanes) is 4. The summed E-state index contributed by atoms with van der Waals surface area (Å²) in [5.41, 5.74) is 0.220. The van der Waals surface area contributed by atoms with Crippen LogP contribution in [-0.4, -0.2) is 45.0 Å². The first-order valence-corrected chi connectivity index (χ1v) is 12.8. The molecule has 0 spiro atoms. The highest BCUT2D eigenvalue weighted by Crippen LogP contribution is 2.21. The molecule has 1 aromatic carbocycles. The fourth-order valence-electron chi connectivity index (χ4n) is 3.77. The van der Waals surface area contributed by atoms with Crippen LogP contribution < -0.4 is 4.72 Å². The number of hydrogen-bond acceptors (Lipinski definition) is 3. The van der Waals surface area contributed by atoms with Gasteiger partial charge < -0.3 is 4.48 Å². The molecule has 166 valence electrons. The molecule has 5 nitrogen and oxygen atoms in total. The van der Waals surface area contributed by atoms with Crippen molar-refractivity contribution in [2.24, 2.45) is 0 Å². The zero-order valence-electron chi connectivity index (χ0n) is 18.9. The van der Waals surface area contributed by atoms with E-state index in [1.807, 2.05) is 4.72 Å². The van der Waals surface area contributed by atoms with Crippen molar-refractivity contribution < 1.29 is 17.7 Å². The molecule has 0 aliphatic carbocycles. The van der Waals surface area contributed by atoms with E-state index in [1.54, 1.807) is 12.1 Å². The quantitative estimate of drug-likeness (QED) is 0.473. The van der Waals surface area contributed by atoms with Gasteiger partial charge in [-0.05, 0) is 37.8 Å². The van der Waals surface area contributed by atoms with Crippen LogP contribution in [0.25, 0.3) is 0 Å². The monoisotopic (exact) mass is 425 g/mol. The molecule has 0 radical (unpaired) electrons. The van der Waals surface area contributed by atoms with E-state index in [2.05, 4.69) is 27.7 Å². The average Bonchev–Trinajstić information content (AvgIpc) is 2.96. The lowest BCUT2D eigenvalue weighted by molar-refractivity contribution is -0.929. The molecule has 1 aliphatic heterocycles. The number of carbonyl (C=O) groups is 1. The van der Waals surface area contributed by atoms with Crippen molar-refractivity contribution in [3.8, 4) is 0 Å². The molecule has 0 unspecified atom stereocenters. The van der Waals surface area contributed by atoms with Gasteiger partial charge in [-0.25, -0.2) is 13.1 Å². The summed E-state index contributed by atoms with van der Waals surface area (Å²) >= 11 is 0. The van der Waals surface area contributed by atoms with Gasteiger partial charge in [-0.2, -0.15) is 0 Å². The van der Waals surface area contributed by atoms with Gasteiger partial charge in [0.15, 0.2) is 0 Å². The molecule has 0 atom stereocenters. The lowest BCUT2D eigenvalue weighted by Crippen LogP contribution is -2.50. The second kappa shape index (κ2) is 13.0. The van der Waals surface area contributed by atoms with E-state index in [0.29, 0.717) is 0 Å². The van der Waals surface area contributed by atoms with Crippen molar-refractivity contribution >= 4 is 15.9 Å². The Balaban J connectivity index is 0.000000304. The van der Waals surface area contributed by atoms with Crippen molar-refractivity contribution in [2.45, 2.75) is 84.0 Å². The third kappa shape index (κ3) is 8.09. The first kappa shape index (κ1) is 25.6. The standard InChI is InChI=1S/C16H36N.C7H5NO3S/c1-5-9-13-17(14-10-6-2,15-11-7-3)16-12-8-4;9-7-5-3-1-2-4-6(5)12(10,11)8-7/h5-16H2,1-4H3;1-4H,(H,8,9)/q+1;. The Kier molecular flexibility index (Phi) is 11.5. The van der Waals surface area contributed by atoms with Crippen LogP contribution in [0.3, 0.4) is 0 Å². The molecule has 0 saturated heterocycles. The van der Waals surface area contributed by atoms with E-state index in [4.69, 9.17) is 0 Å². The lowest BCUT2D eigenvalue weighted by atomic mass is 10.1. The highest BCUT2D eigenvalue weighted by Gasteiger charge is 2.31. The predicted octanol–water partition coefficient (Wildman–Crippen LogP) is 5.12. The molecule has 2 rings (SSSR count). The van der Waals surface area contributed by atoms with Gasteiger partial charge in [0.1, 0.15) is 4.90 Å².